The Hall–Kier alpha value is -4.06. The summed E-state index contributed by atoms with van der Waals surface area (Å²) in [5.41, 5.74) is 1.57. The molecule has 2 aromatic carbocycles. The van der Waals surface area contributed by atoms with Gasteiger partial charge in [-0.1, -0.05) is 48.5 Å². The predicted molar refractivity (Wildman–Crippen MR) is 120 cm³/mol. The number of nitrogens with zero attached hydrogens (tertiary/aromatic N) is 1. The van der Waals surface area contributed by atoms with Crippen molar-refractivity contribution < 1.29 is 23.8 Å². The monoisotopic (exact) mass is 429 g/mol. The molecule has 1 amide bonds. The van der Waals surface area contributed by atoms with Gasteiger partial charge in [0.25, 0.3) is 5.91 Å². The van der Waals surface area contributed by atoms with E-state index in [1.54, 1.807) is 42.5 Å². The Morgan fingerprint density at radius 2 is 1.84 bits per heavy atom. The molecule has 2 heterocycles. The minimum Gasteiger partial charge on any atom is -0.503 e. The van der Waals surface area contributed by atoms with Crippen molar-refractivity contribution in [2.75, 3.05) is 6.61 Å². The van der Waals surface area contributed by atoms with E-state index in [2.05, 4.69) is 0 Å². The molecule has 3 aromatic rings. The summed E-state index contributed by atoms with van der Waals surface area (Å²) in [5.74, 6) is -0.353. The van der Waals surface area contributed by atoms with Gasteiger partial charge in [0, 0.05) is 0 Å². The first-order valence-electron chi connectivity index (χ1n) is 10.3. The Labute approximate surface area is 186 Å². The fourth-order valence-corrected chi connectivity index (χ4v) is 3.72. The summed E-state index contributed by atoms with van der Waals surface area (Å²) in [4.78, 5) is 27.5. The summed E-state index contributed by atoms with van der Waals surface area (Å²) in [5, 5.41) is 10.7. The number of carbonyl (C=O) groups is 2. The lowest BCUT2D eigenvalue weighted by Crippen LogP contribution is -2.30. The van der Waals surface area contributed by atoms with Crippen LogP contribution in [0.5, 0.6) is 5.75 Å². The molecule has 0 saturated heterocycles. The number of carbonyl (C=O) groups excluding carboxylic acids is 2. The molecule has 1 unspecified atom stereocenters. The van der Waals surface area contributed by atoms with Gasteiger partial charge in [-0.25, -0.2) is 0 Å². The molecule has 4 rings (SSSR count). The molecule has 1 aliphatic heterocycles. The topological polar surface area (TPSA) is 80.0 Å². The van der Waals surface area contributed by atoms with Gasteiger partial charge in [-0.15, -0.1) is 0 Å². The van der Waals surface area contributed by atoms with Crippen LogP contribution in [0.3, 0.4) is 0 Å². The Bertz CT molecular complexity index is 1140. The van der Waals surface area contributed by atoms with Gasteiger partial charge in [0.2, 0.25) is 0 Å². The van der Waals surface area contributed by atoms with E-state index in [0.717, 1.165) is 5.56 Å². The second kappa shape index (κ2) is 9.39. The molecule has 6 nitrogen and oxygen atoms in total. The van der Waals surface area contributed by atoms with Gasteiger partial charge in [-0.05, 0) is 48.4 Å². The average Bonchev–Trinajstić information content (AvgIpc) is 3.41. The number of ketones is 1. The summed E-state index contributed by atoms with van der Waals surface area (Å²) >= 11 is 0. The number of aliphatic hydroxyl groups is 1. The fraction of sp³-hybridized carbons (Fsp3) is 0.154. The molecule has 0 fully saturated rings. The maximum Gasteiger partial charge on any atom is 0.290 e. The van der Waals surface area contributed by atoms with E-state index in [0.29, 0.717) is 23.7 Å². The van der Waals surface area contributed by atoms with E-state index in [1.807, 2.05) is 37.3 Å². The smallest absolute Gasteiger partial charge is 0.290 e. The standard InChI is InChI=1S/C26H23NO5/c1-2-31-20-13-11-19(12-14-20)24-23(22(28)15-10-18-7-4-3-5-8-18)25(29)26(30)27(24)17-21-9-6-16-32-21/h3-16,24,29H,2,17H2,1H3/b15-10+. The third-order valence-corrected chi connectivity index (χ3v) is 5.21. The molecule has 162 valence electrons. The van der Waals surface area contributed by atoms with Gasteiger partial charge in [-0.3, -0.25) is 9.59 Å². The van der Waals surface area contributed by atoms with Gasteiger partial charge in [-0.2, -0.15) is 0 Å². The first kappa shape index (κ1) is 21.2. The highest BCUT2D eigenvalue weighted by atomic mass is 16.5. The Kier molecular flexibility index (Phi) is 6.22. The first-order chi connectivity index (χ1) is 15.6. The van der Waals surface area contributed by atoms with Crippen LogP contribution in [0, 0.1) is 0 Å². The molecule has 1 aliphatic rings. The highest BCUT2D eigenvalue weighted by Crippen LogP contribution is 2.39. The van der Waals surface area contributed by atoms with E-state index in [1.165, 1.54) is 17.2 Å². The summed E-state index contributed by atoms with van der Waals surface area (Å²) in [6.07, 6.45) is 4.56. The van der Waals surface area contributed by atoms with Crippen molar-refractivity contribution in [3.63, 3.8) is 0 Å². The number of benzene rings is 2. The van der Waals surface area contributed by atoms with Crippen LogP contribution in [-0.2, 0) is 16.1 Å². The van der Waals surface area contributed by atoms with Gasteiger partial charge in [0.05, 0.1) is 31.0 Å². The van der Waals surface area contributed by atoms with Crippen LogP contribution in [-0.4, -0.2) is 28.3 Å². The first-order valence-corrected chi connectivity index (χ1v) is 10.3. The molecule has 6 heteroatoms. The number of hydrogen-bond acceptors (Lipinski definition) is 5. The zero-order chi connectivity index (χ0) is 22.5. The molecule has 0 bridgehead atoms. The van der Waals surface area contributed by atoms with Crippen molar-refractivity contribution in [1.29, 1.82) is 0 Å². The number of aliphatic hydroxyl groups excluding tert-OH is 1. The van der Waals surface area contributed by atoms with Crippen LogP contribution < -0.4 is 4.74 Å². The van der Waals surface area contributed by atoms with Crippen molar-refractivity contribution >= 4 is 17.8 Å². The number of ether oxygens (including phenoxy) is 1. The molecular formula is C26H23NO5. The quantitative estimate of drug-likeness (QED) is 0.518. The summed E-state index contributed by atoms with van der Waals surface area (Å²) in [6, 6.07) is 19.2. The van der Waals surface area contributed by atoms with Crippen LogP contribution in [0.25, 0.3) is 6.08 Å². The maximum absolute atomic E-state index is 13.1. The summed E-state index contributed by atoms with van der Waals surface area (Å²) < 4.78 is 10.9. The lowest BCUT2D eigenvalue weighted by molar-refractivity contribution is -0.130. The van der Waals surface area contributed by atoms with E-state index >= 15 is 0 Å². The van der Waals surface area contributed by atoms with Gasteiger partial charge in [0.15, 0.2) is 11.5 Å². The number of rotatable bonds is 8. The number of hydrogen-bond donors (Lipinski definition) is 1. The molecule has 0 saturated carbocycles. The van der Waals surface area contributed by atoms with E-state index < -0.39 is 23.5 Å². The molecular weight excluding hydrogens is 406 g/mol. The second-order valence-corrected chi connectivity index (χ2v) is 7.29. The normalized spacial score (nSPS) is 16.2. The molecule has 0 spiro atoms. The number of allylic oxidation sites excluding steroid dienone is 1. The van der Waals surface area contributed by atoms with Crippen molar-refractivity contribution in [2.45, 2.75) is 19.5 Å². The van der Waals surface area contributed by atoms with E-state index in [-0.39, 0.29) is 12.1 Å². The maximum atomic E-state index is 13.1. The largest absolute Gasteiger partial charge is 0.503 e. The van der Waals surface area contributed by atoms with Crippen LogP contribution in [0.1, 0.15) is 29.9 Å². The Morgan fingerprint density at radius 3 is 2.50 bits per heavy atom. The van der Waals surface area contributed by atoms with Crippen LogP contribution >= 0.6 is 0 Å². The van der Waals surface area contributed by atoms with Crippen LogP contribution in [0.2, 0.25) is 0 Å². The third kappa shape index (κ3) is 4.34. The van der Waals surface area contributed by atoms with E-state index in [4.69, 9.17) is 9.15 Å². The predicted octanol–water partition coefficient (Wildman–Crippen LogP) is 4.86. The number of furan rings is 1. The minimum absolute atomic E-state index is 0.0397. The van der Waals surface area contributed by atoms with Crippen molar-refractivity contribution in [3.05, 3.63) is 107 Å². The molecule has 0 aliphatic carbocycles. The highest BCUT2D eigenvalue weighted by Gasteiger charge is 2.43. The summed E-state index contributed by atoms with van der Waals surface area (Å²) in [6.45, 7) is 2.54. The lowest BCUT2D eigenvalue weighted by atomic mass is 9.95. The zero-order valence-electron chi connectivity index (χ0n) is 17.6. The Balaban J connectivity index is 1.70. The van der Waals surface area contributed by atoms with Crippen molar-refractivity contribution in [2.24, 2.45) is 0 Å². The lowest BCUT2D eigenvalue weighted by Gasteiger charge is -2.26. The molecule has 32 heavy (non-hydrogen) atoms. The molecule has 1 N–H and O–H groups in total. The van der Waals surface area contributed by atoms with Gasteiger partial charge < -0.3 is 19.2 Å². The summed E-state index contributed by atoms with van der Waals surface area (Å²) in [7, 11) is 0. The van der Waals surface area contributed by atoms with E-state index in [9.17, 15) is 14.7 Å². The average molecular weight is 429 g/mol. The second-order valence-electron chi connectivity index (χ2n) is 7.29. The van der Waals surface area contributed by atoms with Crippen LogP contribution in [0.4, 0.5) is 0 Å². The highest BCUT2D eigenvalue weighted by molar-refractivity contribution is 6.14. The molecule has 0 radical (unpaired) electrons. The zero-order valence-corrected chi connectivity index (χ0v) is 17.6. The van der Waals surface area contributed by atoms with Gasteiger partial charge in [0.1, 0.15) is 11.5 Å². The number of amides is 1. The van der Waals surface area contributed by atoms with Gasteiger partial charge >= 0.3 is 0 Å². The van der Waals surface area contributed by atoms with Crippen molar-refractivity contribution in [3.8, 4) is 5.75 Å². The molecule has 1 atom stereocenters. The SMILES string of the molecule is CCOc1ccc(C2C(C(=O)/C=C/c3ccccc3)=C(O)C(=O)N2Cc2ccco2)cc1. The minimum atomic E-state index is -0.754. The molecule has 1 aromatic heterocycles. The third-order valence-electron chi connectivity index (χ3n) is 5.21. The van der Waals surface area contributed by atoms with Crippen LogP contribution in [0.15, 0.2) is 94.8 Å². The Morgan fingerprint density at radius 1 is 1.09 bits per heavy atom. The van der Waals surface area contributed by atoms with Crippen molar-refractivity contribution in [1.82, 2.24) is 4.90 Å². The fourth-order valence-electron chi connectivity index (χ4n) is 3.72.